The number of benzene rings is 1. The van der Waals surface area contributed by atoms with Crippen molar-refractivity contribution in [3.05, 3.63) is 59.0 Å². The van der Waals surface area contributed by atoms with E-state index in [1.807, 2.05) is 10.7 Å². The molecule has 0 unspecified atom stereocenters. The summed E-state index contributed by atoms with van der Waals surface area (Å²) in [7, 11) is 0. The molecule has 0 spiro atoms. The summed E-state index contributed by atoms with van der Waals surface area (Å²) in [5.41, 5.74) is 10.5. The summed E-state index contributed by atoms with van der Waals surface area (Å²) in [5.74, 6) is 0.336. The molecule has 4 aromatic rings. The van der Waals surface area contributed by atoms with E-state index in [-0.39, 0.29) is 0 Å². The average Bonchev–Trinajstić information content (AvgIpc) is 3.40. The maximum absolute atomic E-state index is 4.79. The molecule has 0 saturated heterocycles. The van der Waals surface area contributed by atoms with Crippen molar-refractivity contribution in [3.63, 3.8) is 0 Å². The number of aromatic amines is 1. The van der Waals surface area contributed by atoms with Crippen molar-refractivity contribution in [2.75, 3.05) is 6.54 Å². The summed E-state index contributed by atoms with van der Waals surface area (Å²) in [6.45, 7) is 13.2. The zero-order chi connectivity index (χ0) is 21.7. The van der Waals surface area contributed by atoms with E-state index in [1.54, 1.807) is 6.33 Å². The van der Waals surface area contributed by atoms with Gasteiger partial charge in [0.05, 0.1) is 11.4 Å². The average molecular weight is 415 g/mol. The predicted octanol–water partition coefficient (Wildman–Crippen LogP) is 4.98. The zero-order valence-electron chi connectivity index (χ0n) is 19.0. The summed E-state index contributed by atoms with van der Waals surface area (Å²) < 4.78 is 1.84. The van der Waals surface area contributed by atoms with Gasteiger partial charge >= 0.3 is 0 Å². The molecule has 0 radical (unpaired) electrons. The van der Waals surface area contributed by atoms with Gasteiger partial charge in [-0.05, 0) is 61.9 Å². The Kier molecular flexibility index (Phi) is 4.89. The van der Waals surface area contributed by atoms with Crippen molar-refractivity contribution in [1.82, 2.24) is 29.7 Å². The summed E-state index contributed by atoms with van der Waals surface area (Å²) in [5, 5.41) is 12.5. The van der Waals surface area contributed by atoms with Crippen LogP contribution in [0, 0.1) is 6.92 Å². The minimum atomic E-state index is 0.336. The Morgan fingerprint density at radius 1 is 1.03 bits per heavy atom. The Morgan fingerprint density at radius 2 is 1.87 bits per heavy atom. The molecule has 0 saturated carbocycles. The molecule has 1 aliphatic rings. The molecule has 0 bridgehead atoms. The van der Waals surface area contributed by atoms with Crippen LogP contribution in [0.2, 0.25) is 0 Å². The van der Waals surface area contributed by atoms with Crippen LogP contribution in [-0.2, 0) is 13.0 Å². The Balaban J connectivity index is 1.57. The van der Waals surface area contributed by atoms with Gasteiger partial charge in [0.1, 0.15) is 6.33 Å². The van der Waals surface area contributed by atoms with Gasteiger partial charge in [-0.15, -0.1) is 0 Å². The van der Waals surface area contributed by atoms with Crippen molar-refractivity contribution < 1.29 is 0 Å². The van der Waals surface area contributed by atoms with Crippen LogP contribution in [0.15, 0.2) is 36.8 Å². The van der Waals surface area contributed by atoms with Crippen LogP contribution in [0.1, 0.15) is 55.9 Å². The van der Waals surface area contributed by atoms with Gasteiger partial charge in [0, 0.05) is 42.0 Å². The first-order valence-electron chi connectivity index (χ1n) is 11.2. The molecule has 3 aromatic heterocycles. The fourth-order valence-electron chi connectivity index (χ4n) is 4.75. The Labute approximate surface area is 183 Å². The number of H-pyrrole nitrogens is 1. The van der Waals surface area contributed by atoms with Crippen LogP contribution in [0.5, 0.6) is 0 Å². The lowest BCUT2D eigenvalue weighted by molar-refractivity contribution is 0.203. The highest BCUT2D eigenvalue weighted by molar-refractivity contribution is 5.76. The monoisotopic (exact) mass is 414 g/mol. The van der Waals surface area contributed by atoms with E-state index >= 15 is 0 Å². The highest BCUT2D eigenvalue weighted by Gasteiger charge is 2.23. The number of nitrogens with one attached hydrogen (secondary N) is 1. The highest BCUT2D eigenvalue weighted by Crippen LogP contribution is 2.37. The zero-order valence-corrected chi connectivity index (χ0v) is 19.0. The van der Waals surface area contributed by atoms with Crippen molar-refractivity contribution in [2.24, 2.45) is 0 Å². The van der Waals surface area contributed by atoms with Crippen LogP contribution < -0.4 is 0 Å². The van der Waals surface area contributed by atoms with E-state index < -0.39 is 0 Å². The number of pyridine rings is 1. The lowest BCUT2D eigenvalue weighted by Gasteiger charge is -2.32. The van der Waals surface area contributed by atoms with Gasteiger partial charge in [-0.1, -0.05) is 26.0 Å². The second-order valence-corrected chi connectivity index (χ2v) is 9.25. The summed E-state index contributed by atoms with van der Waals surface area (Å²) >= 11 is 0. The first-order chi connectivity index (χ1) is 14.9. The van der Waals surface area contributed by atoms with Crippen molar-refractivity contribution in [1.29, 1.82) is 0 Å². The summed E-state index contributed by atoms with van der Waals surface area (Å²) in [6, 6.07) is 9.63. The molecule has 31 heavy (non-hydrogen) atoms. The molecular weight excluding hydrogens is 384 g/mol. The van der Waals surface area contributed by atoms with Gasteiger partial charge in [-0.25, -0.2) is 9.50 Å². The number of aryl methyl sites for hydroxylation is 1. The fourth-order valence-corrected chi connectivity index (χ4v) is 4.75. The van der Waals surface area contributed by atoms with Gasteiger partial charge in [0.25, 0.3) is 0 Å². The quantitative estimate of drug-likeness (QED) is 0.511. The van der Waals surface area contributed by atoms with Crippen LogP contribution >= 0.6 is 0 Å². The lowest BCUT2D eigenvalue weighted by Crippen LogP contribution is -2.35. The third-order valence-electron chi connectivity index (χ3n) is 6.48. The Morgan fingerprint density at radius 3 is 2.65 bits per heavy atom. The Bertz CT molecular complexity index is 1250. The topological polar surface area (TPSA) is 62.1 Å². The van der Waals surface area contributed by atoms with E-state index in [1.165, 1.54) is 22.3 Å². The predicted molar refractivity (Wildman–Crippen MR) is 124 cm³/mol. The van der Waals surface area contributed by atoms with Crippen LogP contribution in [-0.4, -0.2) is 42.3 Å². The normalized spacial score (nSPS) is 14.7. The smallest absolute Gasteiger partial charge is 0.158 e. The van der Waals surface area contributed by atoms with E-state index in [4.69, 9.17) is 5.10 Å². The van der Waals surface area contributed by atoms with E-state index in [0.29, 0.717) is 12.0 Å². The first kappa shape index (κ1) is 19.9. The first-order valence-corrected chi connectivity index (χ1v) is 11.2. The van der Waals surface area contributed by atoms with Gasteiger partial charge < -0.3 is 0 Å². The van der Waals surface area contributed by atoms with E-state index in [2.05, 4.69) is 79.0 Å². The molecule has 1 aliphatic heterocycles. The molecule has 0 fully saturated rings. The second kappa shape index (κ2) is 7.61. The fraction of sp³-hybridized carbons (Fsp3) is 0.400. The second-order valence-electron chi connectivity index (χ2n) is 9.25. The van der Waals surface area contributed by atoms with Crippen LogP contribution in [0.3, 0.4) is 0 Å². The summed E-state index contributed by atoms with van der Waals surface area (Å²) in [4.78, 5) is 6.88. The van der Waals surface area contributed by atoms with Crippen molar-refractivity contribution in [3.8, 4) is 22.5 Å². The molecule has 6 nitrogen and oxygen atoms in total. The van der Waals surface area contributed by atoms with E-state index in [0.717, 1.165) is 47.7 Å². The van der Waals surface area contributed by atoms with Gasteiger partial charge in [-0.3, -0.25) is 10.00 Å². The standard InChI is InChI=1S/C25H30N6/c1-15(2)22-23(19-6-7-20-12-30(16(3)4)9-8-18(20)11-19)28-29-24(22)21-10-17(5)25-26-14-27-31(25)13-21/h6-7,10-11,13-16H,8-9,12H2,1-5H3,(H,28,29). The largest absolute Gasteiger partial charge is 0.296 e. The van der Waals surface area contributed by atoms with Gasteiger partial charge in [0.15, 0.2) is 5.65 Å². The minimum absolute atomic E-state index is 0.336. The molecule has 160 valence electrons. The maximum atomic E-state index is 4.79. The van der Waals surface area contributed by atoms with Gasteiger partial charge in [0.2, 0.25) is 0 Å². The number of nitrogens with zero attached hydrogens (tertiary/aromatic N) is 5. The third-order valence-corrected chi connectivity index (χ3v) is 6.48. The number of rotatable bonds is 4. The molecule has 1 aromatic carbocycles. The van der Waals surface area contributed by atoms with Crippen molar-refractivity contribution in [2.45, 2.75) is 59.5 Å². The van der Waals surface area contributed by atoms with Crippen LogP contribution in [0.4, 0.5) is 0 Å². The molecule has 0 aliphatic carbocycles. The number of aromatic nitrogens is 5. The minimum Gasteiger partial charge on any atom is -0.296 e. The molecule has 1 N–H and O–H groups in total. The molecule has 5 rings (SSSR count). The molecule has 0 atom stereocenters. The van der Waals surface area contributed by atoms with Crippen molar-refractivity contribution >= 4 is 5.65 Å². The number of fused-ring (bicyclic) bond motifs is 2. The molecular formula is C25H30N6. The lowest BCUT2D eigenvalue weighted by atomic mass is 9.91. The SMILES string of the molecule is Cc1cc(-c2[nH]nc(-c3ccc4c(c3)CCN(C(C)C)C4)c2C(C)C)cn2ncnc12. The summed E-state index contributed by atoms with van der Waals surface area (Å²) in [6.07, 6.45) is 4.73. The highest BCUT2D eigenvalue weighted by atomic mass is 15.3. The van der Waals surface area contributed by atoms with E-state index in [9.17, 15) is 0 Å². The number of hydrogen-bond acceptors (Lipinski definition) is 4. The molecule has 0 amide bonds. The number of hydrogen-bond donors (Lipinski definition) is 1. The Hall–Kier alpha value is -2.99. The molecule has 6 heteroatoms. The molecule has 4 heterocycles. The maximum Gasteiger partial charge on any atom is 0.158 e. The van der Waals surface area contributed by atoms with Crippen LogP contribution in [0.25, 0.3) is 28.2 Å². The van der Waals surface area contributed by atoms with Gasteiger partial charge in [-0.2, -0.15) is 10.2 Å². The third kappa shape index (κ3) is 3.45.